The average molecular weight is 441 g/mol. The maximum atomic E-state index is 13.5. The monoisotopic (exact) mass is 441 g/mol. The predicted octanol–water partition coefficient (Wildman–Crippen LogP) is 2.82. The smallest absolute Gasteiger partial charge is 0.295 e. The molecule has 0 bridgehead atoms. The zero-order chi connectivity index (χ0) is 23.1. The summed E-state index contributed by atoms with van der Waals surface area (Å²) in [6.45, 7) is 3.95. The Kier molecular flexibility index (Phi) is 7.75. The van der Waals surface area contributed by atoms with Gasteiger partial charge < -0.3 is 24.6 Å². The van der Waals surface area contributed by atoms with Gasteiger partial charge in [0, 0.05) is 12.1 Å². The average Bonchev–Trinajstić information content (AvgIpc) is 3.06. The van der Waals surface area contributed by atoms with Crippen molar-refractivity contribution in [3.63, 3.8) is 0 Å². The highest BCUT2D eigenvalue weighted by atomic mass is 19.1. The van der Waals surface area contributed by atoms with Gasteiger partial charge in [-0.2, -0.15) is 0 Å². The van der Waals surface area contributed by atoms with Crippen LogP contribution in [0.5, 0.6) is 5.75 Å². The fourth-order valence-corrected chi connectivity index (χ4v) is 3.45. The SMILES string of the molecule is C=CCOc1ccc(C(O)=C2C(=O)C(=O)N(CCOCCO)C2c2ccc(F)cc2)cc1. The Bertz CT molecular complexity index is 1000. The van der Waals surface area contributed by atoms with Crippen molar-refractivity contribution in [3.05, 3.63) is 83.7 Å². The summed E-state index contributed by atoms with van der Waals surface area (Å²) in [6.07, 6.45) is 1.60. The van der Waals surface area contributed by atoms with Gasteiger partial charge in [0.25, 0.3) is 11.7 Å². The minimum Gasteiger partial charge on any atom is -0.507 e. The second-order valence-corrected chi connectivity index (χ2v) is 7.00. The molecule has 7 nitrogen and oxygen atoms in total. The molecular weight excluding hydrogens is 417 g/mol. The summed E-state index contributed by atoms with van der Waals surface area (Å²) >= 11 is 0. The quantitative estimate of drug-likeness (QED) is 0.194. The molecule has 32 heavy (non-hydrogen) atoms. The predicted molar refractivity (Wildman–Crippen MR) is 115 cm³/mol. The lowest BCUT2D eigenvalue weighted by Gasteiger charge is -2.25. The van der Waals surface area contributed by atoms with Gasteiger partial charge in [0.1, 0.15) is 23.9 Å². The molecule has 1 heterocycles. The fraction of sp³-hybridized carbons (Fsp3) is 0.250. The van der Waals surface area contributed by atoms with Crippen molar-refractivity contribution in [2.24, 2.45) is 0 Å². The Morgan fingerprint density at radius 2 is 1.78 bits per heavy atom. The van der Waals surface area contributed by atoms with E-state index in [-0.39, 0.29) is 37.7 Å². The van der Waals surface area contributed by atoms with Crippen molar-refractivity contribution in [3.8, 4) is 5.75 Å². The van der Waals surface area contributed by atoms with Gasteiger partial charge in [-0.05, 0) is 42.0 Å². The van der Waals surface area contributed by atoms with Crippen molar-refractivity contribution in [1.29, 1.82) is 0 Å². The number of hydrogen-bond donors (Lipinski definition) is 2. The minimum absolute atomic E-state index is 0.0533. The number of aliphatic hydroxyl groups excluding tert-OH is 2. The third-order valence-corrected chi connectivity index (χ3v) is 4.93. The van der Waals surface area contributed by atoms with Gasteiger partial charge in [0.15, 0.2) is 0 Å². The van der Waals surface area contributed by atoms with Crippen molar-refractivity contribution in [1.82, 2.24) is 4.90 Å². The number of halogens is 1. The van der Waals surface area contributed by atoms with Gasteiger partial charge in [0.05, 0.1) is 31.4 Å². The first-order valence-corrected chi connectivity index (χ1v) is 10.0. The third-order valence-electron chi connectivity index (χ3n) is 4.93. The molecule has 8 heteroatoms. The normalized spacial score (nSPS) is 17.6. The molecule has 1 aliphatic heterocycles. The summed E-state index contributed by atoms with van der Waals surface area (Å²) in [7, 11) is 0. The van der Waals surface area contributed by atoms with E-state index in [1.165, 1.54) is 29.2 Å². The summed E-state index contributed by atoms with van der Waals surface area (Å²) in [5.41, 5.74) is 0.710. The number of benzene rings is 2. The Morgan fingerprint density at radius 3 is 2.41 bits per heavy atom. The zero-order valence-corrected chi connectivity index (χ0v) is 17.4. The number of carbonyl (C=O) groups is 2. The molecule has 2 aromatic rings. The topological polar surface area (TPSA) is 96.3 Å². The van der Waals surface area contributed by atoms with Crippen LogP contribution in [0.25, 0.3) is 5.76 Å². The molecule has 0 saturated carbocycles. The molecule has 0 spiro atoms. The molecule has 1 atom stereocenters. The minimum atomic E-state index is -0.912. The number of ketones is 1. The van der Waals surface area contributed by atoms with Crippen molar-refractivity contribution >= 4 is 17.4 Å². The van der Waals surface area contributed by atoms with Crippen LogP contribution in [0.4, 0.5) is 4.39 Å². The Balaban J connectivity index is 2.00. The second-order valence-electron chi connectivity index (χ2n) is 7.00. The third kappa shape index (κ3) is 5.04. The van der Waals surface area contributed by atoms with Gasteiger partial charge in [-0.3, -0.25) is 9.59 Å². The van der Waals surface area contributed by atoms with Crippen LogP contribution in [0.2, 0.25) is 0 Å². The molecule has 0 aliphatic carbocycles. The highest BCUT2D eigenvalue weighted by Gasteiger charge is 2.45. The molecule has 0 radical (unpaired) electrons. The van der Waals surface area contributed by atoms with Crippen molar-refractivity contribution in [2.45, 2.75) is 6.04 Å². The van der Waals surface area contributed by atoms with Gasteiger partial charge in [0.2, 0.25) is 0 Å². The molecule has 3 rings (SSSR count). The maximum Gasteiger partial charge on any atom is 0.295 e. The van der Waals surface area contributed by atoms with E-state index in [0.29, 0.717) is 23.5 Å². The summed E-state index contributed by atoms with van der Waals surface area (Å²) in [4.78, 5) is 26.9. The van der Waals surface area contributed by atoms with E-state index in [2.05, 4.69) is 6.58 Å². The van der Waals surface area contributed by atoms with Gasteiger partial charge in [-0.25, -0.2) is 4.39 Å². The standard InChI is InChI=1S/C24H24FNO6/c1-2-13-32-19-9-5-17(6-10-19)22(28)20-21(16-3-7-18(25)8-4-16)26(24(30)23(20)29)11-14-31-15-12-27/h2-10,21,27-28H,1,11-15H2. The number of nitrogens with zero attached hydrogens (tertiary/aromatic N) is 1. The van der Waals surface area contributed by atoms with Gasteiger partial charge in [-0.15, -0.1) is 0 Å². The number of hydrogen-bond acceptors (Lipinski definition) is 6. The highest BCUT2D eigenvalue weighted by molar-refractivity contribution is 6.46. The lowest BCUT2D eigenvalue weighted by molar-refractivity contribution is -0.140. The summed E-state index contributed by atoms with van der Waals surface area (Å²) < 4.78 is 24.2. The molecule has 1 amide bonds. The molecule has 1 aliphatic rings. The molecule has 1 fully saturated rings. The number of likely N-dealkylation sites (tertiary alicyclic amines) is 1. The molecule has 2 N–H and O–H groups in total. The largest absolute Gasteiger partial charge is 0.507 e. The van der Waals surface area contributed by atoms with Crippen molar-refractivity contribution < 1.29 is 33.7 Å². The second kappa shape index (κ2) is 10.7. The fourth-order valence-electron chi connectivity index (χ4n) is 3.45. The molecule has 1 saturated heterocycles. The number of rotatable bonds is 10. The first-order valence-electron chi connectivity index (χ1n) is 10.0. The van der Waals surface area contributed by atoms with Crippen LogP contribution in [0.1, 0.15) is 17.2 Å². The highest BCUT2D eigenvalue weighted by Crippen LogP contribution is 2.39. The van der Waals surface area contributed by atoms with E-state index in [1.54, 1.807) is 30.3 Å². The molecular formula is C24H24FNO6. The number of carbonyl (C=O) groups excluding carboxylic acids is 2. The molecule has 2 aromatic carbocycles. The van der Waals surface area contributed by atoms with Crippen LogP contribution in [0, 0.1) is 5.82 Å². The molecule has 168 valence electrons. The van der Waals surface area contributed by atoms with Gasteiger partial charge >= 0.3 is 0 Å². The number of Topliss-reactive ketones (excluding diaryl/α,β-unsaturated/α-hetero) is 1. The number of amides is 1. The van der Waals surface area contributed by atoms with E-state index in [9.17, 15) is 19.1 Å². The Morgan fingerprint density at radius 1 is 1.09 bits per heavy atom. The number of ether oxygens (including phenoxy) is 2. The van der Waals surface area contributed by atoms with Crippen molar-refractivity contribution in [2.75, 3.05) is 33.0 Å². The summed E-state index contributed by atoms with van der Waals surface area (Å²) in [5.74, 6) is -1.89. The lowest BCUT2D eigenvalue weighted by Crippen LogP contribution is -2.33. The number of aliphatic hydroxyl groups is 2. The van der Waals surface area contributed by atoms with E-state index < -0.39 is 23.5 Å². The first kappa shape index (κ1) is 23.2. The zero-order valence-electron chi connectivity index (χ0n) is 17.4. The molecule has 1 unspecified atom stereocenters. The van der Waals surface area contributed by atoms with E-state index >= 15 is 0 Å². The van der Waals surface area contributed by atoms with E-state index in [4.69, 9.17) is 14.6 Å². The van der Waals surface area contributed by atoms with Crippen LogP contribution in [-0.2, 0) is 14.3 Å². The Labute approximate surface area is 185 Å². The lowest BCUT2D eigenvalue weighted by atomic mass is 9.95. The van der Waals surface area contributed by atoms with E-state index in [0.717, 1.165) is 0 Å². The van der Waals surface area contributed by atoms with Crippen LogP contribution < -0.4 is 4.74 Å². The van der Waals surface area contributed by atoms with E-state index in [1.807, 2.05) is 0 Å². The summed E-state index contributed by atoms with van der Waals surface area (Å²) in [5, 5.41) is 19.8. The summed E-state index contributed by atoms with van der Waals surface area (Å²) in [6, 6.07) is 10.9. The maximum absolute atomic E-state index is 13.5. The van der Waals surface area contributed by atoms with Crippen LogP contribution in [0.3, 0.4) is 0 Å². The van der Waals surface area contributed by atoms with Crippen LogP contribution in [0.15, 0.2) is 66.8 Å². The van der Waals surface area contributed by atoms with Crippen LogP contribution in [-0.4, -0.2) is 59.8 Å². The molecule has 0 aromatic heterocycles. The van der Waals surface area contributed by atoms with Crippen LogP contribution >= 0.6 is 0 Å². The van der Waals surface area contributed by atoms with Gasteiger partial charge in [-0.1, -0.05) is 24.8 Å². The Hall–Kier alpha value is -3.49. The first-order chi connectivity index (χ1) is 15.5.